The minimum absolute atomic E-state index is 0. The lowest BCUT2D eigenvalue weighted by Crippen LogP contribution is -2.47. The lowest BCUT2D eigenvalue weighted by Gasteiger charge is -2.38. The maximum Gasteiger partial charge on any atom is 0.410 e. The van der Waals surface area contributed by atoms with E-state index in [1.807, 2.05) is 20.8 Å². The lowest BCUT2D eigenvalue weighted by atomic mass is 9.91. The molecule has 4 nitrogen and oxygen atoms in total. The summed E-state index contributed by atoms with van der Waals surface area (Å²) in [4.78, 5) is 13.7. The highest BCUT2D eigenvalue weighted by molar-refractivity contribution is 5.68. The van der Waals surface area contributed by atoms with Crippen molar-refractivity contribution < 1.29 is 14.6 Å². The highest BCUT2D eigenvalue weighted by atomic mass is 16.6. The molecule has 4 heteroatoms. The van der Waals surface area contributed by atoms with Crippen LogP contribution in [-0.2, 0) is 4.74 Å². The number of rotatable bonds is 4. The van der Waals surface area contributed by atoms with Gasteiger partial charge >= 0.3 is 6.09 Å². The Bertz CT molecular complexity index is 231. The minimum Gasteiger partial charge on any atom is -0.444 e. The van der Waals surface area contributed by atoms with Gasteiger partial charge in [-0.25, -0.2) is 4.79 Å². The predicted molar refractivity (Wildman–Crippen MR) is 69.0 cm³/mol. The van der Waals surface area contributed by atoms with E-state index in [9.17, 15) is 4.79 Å². The van der Waals surface area contributed by atoms with Crippen molar-refractivity contribution in [2.45, 2.75) is 65.5 Å². The highest BCUT2D eigenvalue weighted by Gasteiger charge is 2.31. The zero-order valence-electron chi connectivity index (χ0n) is 10.5. The number of amides is 1. The van der Waals surface area contributed by atoms with Gasteiger partial charge in [-0.2, -0.15) is 0 Å². The molecule has 17 heavy (non-hydrogen) atoms. The first-order valence-electron chi connectivity index (χ1n) is 6.04. The maximum atomic E-state index is 11.9. The van der Waals surface area contributed by atoms with Gasteiger partial charge in [0.25, 0.3) is 0 Å². The van der Waals surface area contributed by atoms with Crippen LogP contribution in [0.2, 0.25) is 0 Å². The first kappa shape index (κ1) is 16.2. The van der Waals surface area contributed by atoms with Crippen molar-refractivity contribution in [3.8, 4) is 0 Å². The second kappa shape index (κ2) is 6.84. The van der Waals surface area contributed by atoms with Gasteiger partial charge in [0, 0.05) is 19.2 Å². The van der Waals surface area contributed by atoms with Crippen molar-refractivity contribution in [2.75, 3.05) is 13.2 Å². The van der Waals surface area contributed by atoms with E-state index in [-0.39, 0.29) is 20.1 Å². The fraction of sp³-hybridized carbons (Fsp3) is 0.923. The van der Waals surface area contributed by atoms with Crippen LogP contribution in [0.3, 0.4) is 0 Å². The van der Waals surface area contributed by atoms with Gasteiger partial charge in [0.05, 0.1) is 0 Å². The second-order valence-corrected chi connectivity index (χ2v) is 5.34. The summed E-state index contributed by atoms with van der Waals surface area (Å²) in [7, 11) is 0. The summed E-state index contributed by atoms with van der Waals surface area (Å²) in [6, 6.07) is 0.321. The van der Waals surface area contributed by atoms with Crippen molar-refractivity contribution in [3.63, 3.8) is 0 Å². The average molecular weight is 245 g/mol. The van der Waals surface area contributed by atoms with Gasteiger partial charge in [-0.05, 0) is 46.5 Å². The molecule has 0 atom stereocenters. The summed E-state index contributed by atoms with van der Waals surface area (Å²) in [5, 5.41) is 8.82. The second-order valence-electron chi connectivity index (χ2n) is 5.34. The first-order valence-corrected chi connectivity index (χ1v) is 6.04. The number of aliphatic hydroxyl groups is 1. The van der Waals surface area contributed by atoms with Gasteiger partial charge in [0.2, 0.25) is 0 Å². The highest BCUT2D eigenvalue weighted by Crippen LogP contribution is 2.26. The van der Waals surface area contributed by atoms with E-state index in [1.54, 1.807) is 4.90 Å². The Morgan fingerprint density at radius 3 is 2.35 bits per heavy atom. The molecule has 102 valence electrons. The van der Waals surface area contributed by atoms with Gasteiger partial charge in [-0.3, -0.25) is 0 Å². The molecule has 0 heterocycles. The van der Waals surface area contributed by atoms with Crippen LogP contribution >= 0.6 is 0 Å². The quantitative estimate of drug-likeness (QED) is 0.828. The molecule has 0 unspecified atom stereocenters. The third-order valence-corrected chi connectivity index (χ3v) is 2.70. The molecule has 0 aliphatic heterocycles. The van der Waals surface area contributed by atoms with Crippen molar-refractivity contribution in [3.05, 3.63) is 0 Å². The van der Waals surface area contributed by atoms with E-state index >= 15 is 0 Å². The largest absolute Gasteiger partial charge is 0.444 e. The molecule has 0 saturated heterocycles. The Hall–Kier alpha value is -0.770. The Labute approximate surface area is 105 Å². The van der Waals surface area contributed by atoms with Crippen LogP contribution in [0.5, 0.6) is 0 Å². The number of ether oxygens (including phenoxy) is 1. The summed E-state index contributed by atoms with van der Waals surface area (Å²) >= 11 is 0. The van der Waals surface area contributed by atoms with Crippen LogP contribution in [0.15, 0.2) is 0 Å². The summed E-state index contributed by atoms with van der Waals surface area (Å²) < 4.78 is 5.36. The third-order valence-electron chi connectivity index (χ3n) is 2.70. The molecule has 0 radical (unpaired) electrons. The smallest absolute Gasteiger partial charge is 0.410 e. The molecular formula is C13H27NO3. The van der Waals surface area contributed by atoms with Crippen LogP contribution in [-0.4, -0.2) is 40.9 Å². The molecular weight excluding hydrogens is 218 g/mol. The molecule has 1 aliphatic rings. The van der Waals surface area contributed by atoms with Crippen molar-refractivity contribution >= 4 is 6.09 Å². The van der Waals surface area contributed by atoms with Crippen LogP contribution in [0.1, 0.15) is 53.9 Å². The zero-order chi connectivity index (χ0) is 12.2. The van der Waals surface area contributed by atoms with Crippen LogP contribution in [0, 0.1) is 0 Å². The normalized spacial score (nSPS) is 15.8. The number of hydrogen-bond donors (Lipinski definition) is 1. The Balaban J connectivity index is 0.00000256. The summed E-state index contributed by atoms with van der Waals surface area (Å²) in [6.45, 7) is 6.32. The SMILES string of the molecule is C.CC(C)(C)OC(=O)N(CCCO)C1CCC1. The number of carbonyl (C=O) groups is 1. The molecule has 1 N–H and O–H groups in total. The van der Waals surface area contributed by atoms with E-state index < -0.39 is 5.60 Å². The molecule has 0 aromatic carbocycles. The molecule has 0 aromatic heterocycles. The van der Waals surface area contributed by atoms with Crippen LogP contribution < -0.4 is 0 Å². The third kappa shape index (κ3) is 5.39. The molecule has 1 saturated carbocycles. The Kier molecular flexibility index (Phi) is 6.53. The summed E-state index contributed by atoms with van der Waals surface area (Å²) in [5.41, 5.74) is -0.446. The molecule has 1 aliphatic carbocycles. The fourth-order valence-electron chi connectivity index (χ4n) is 1.68. The van der Waals surface area contributed by atoms with E-state index in [0.29, 0.717) is 19.0 Å². The van der Waals surface area contributed by atoms with Crippen molar-refractivity contribution in [1.29, 1.82) is 0 Å². The van der Waals surface area contributed by atoms with E-state index in [0.717, 1.165) is 12.8 Å². The Morgan fingerprint density at radius 1 is 1.41 bits per heavy atom. The van der Waals surface area contributed by atoms with E-state index in [4.69, 9.17) is 9.84 Å². The average Bonchev–Trinajstić information content (AvgIpc) is 2.05. The molecule has 0 spiro atoms. The molecule has 1 fully saturated rings. The topological polar surface area (TPSA) is 49.8 Å². The number of hydrogen-bond acceptors (Lipinski definition) is 3. The maximum absolute atomic E-state index is 11.9. The minimum atomic E-state index is -0.446. The van der Waals surface area contributed by atoms with E-state index in [1.165, 1.54) is 6.42 Å². The zero-order valence-corrected chi connectivity index (χ0v) is 10.5. The van der Waals surface area contributed by atoms with Gasteiger partial charge in [-0.15, -0.1) is 0 Å². The van der Waals surface area contributed by atoms with Gasteiger partial charge in [-0.1, -0.05) is 7.43 Å². The summed E-state index contributed by atoms with van der Waals surface area (Å²) in [5.74, 6) is 0. The van der Waals surface area contributed by atoms with Crippen molar-refractivity contribution in [2.24, 2.45) is 0 Å². The first-order chi connectivity index (χ1) is 7.44. The predicted octanol–water partition coefficient (Wildman–Crippen LogP) is 2.79. The van der Waals surface area contributed by atoms with Gasteiger partial charge in [0.15, 0.2) is 0 Å². The molecule has 0 bridgehead atoms. The molecule has 0 aromatic rings. The van der Waals surface area contributed by atoms with Gasteiger partial charge in [0.1, 0.15) is 5.60 Å². The van der Waals surface area contributed by atoms with Crippen molar-refractivity contribution in [1.82, 2.24) is 4.90 Å². The number of nitrogens with zero attached hydrogens (tertiary/aromatic N) is 1. The van der Waals surface area contributed by atoms with Crippen LogP contribution in [0.25, 0.3) is 0 Å². The van der Waals surface area contributed by atoms with Crippen LogP contribution in [0.4, 0.5) is 4.79 Å². The van der Waals surface area contributed by atoms with Gasteiger partial charge < -0.3 is 14.7 Å². The fourth-order valence-corrected chi connectivity index (χ4v) is 1.68. The lowest BCUT2D eigenvalue weighted by molar-refractivity contribution is 0.00584. The Morgan fingerprint density at radius 2 is 2.00 bits per heavy atom. The molecule has 1 amide bonds. The standard InChI is InChI=1S/C12H23NO3.CH4/c1-12(2,3)16-11(15)13(8-5-9-14)10-6-4-7-10;/h10,14H,4-9H2,1-3H3;1H4. The number of carbonyl (C=O) groups excluding carboxylic acids is 1. The molecule has 1 rings (SSSR count). The number of aliphatic hydroxyl groups excluding tert-OH is 1. The summed E-state index contributed by atoms with van der Waals surface area (Å²) in [6.07, 6.45) is 3.68. The monoisotopic (exact) mass is 245 g/mol. The van der Waals surface area contributed by atoms with E-state index in [2.05, 4.69) is 0 Å².